The largest absolute Gasteiger partial charge is 0.504 e. The SMILES string of the molecule is CO[C@@]12CC[C@@]3(C[C@@H]1CNC(=O)/C=C/c1ccccc1Cl)[C@H]1Cc4ccc(O)c5c4[C@@]3(CCN1C)[C@H]2O5. The van der Waals surface area contributed by atoms with Gasteiger partial charge in [-0.15, -0.1) is 0 Å². The number of likely N-dealkylation sites (tertiary alicyclic amines) is 1. The Balaban J connectivity index is 1.24. The van der Waals surface area contributed by atoms with Gasteiger partial charge in [0.15, 0.2) is 11.5 Å². The summed E-state index contributed by atoms with van der Waals surface area (Å²) >= 11 is 6.25. The molecule has 7 heteroatoms. The minimum atomic E-state index is -0.526. The number of fused-ring (bicyclic) bond motifs is 2. The summed E-state index contributed by atoms with van der Waals surface area (Å²) in [6.07, 6.45) is 8.03. The normalized spacial score (nSPS) is 36.9. The molecule has 0 unspecified atom stereocenters. The summed E-state index contributed by atoms with van der Waals surface area (Å²) in [4.78, 5) is 15.4. The molecule has 4 fully saturated rings. The predicted molar refractivity (Wildman–Crippen MR) is 142 cm³/mol. The second-order valence-corrected chi connectivity index (χ2v) is 12.1. The van der Waals surface area contributed by atoms with Crippen LogP contribution in [0.25, 0.3) is 6.08 Å². The lowest BCUT2D eigenvalue weighted by molar-refractivity contribution is -0.274. The number of hydrogen-bond acceptors (Lipinski definition) is 5. The number of likely N-dealkylation sites (N-methyl/N-ethyl adjacent to an activating group) is 1. The Kier molecular flexibility index (Phi) is 5.08. The Labute approximate surface area is 222 Å². The molecule has 6 atom stereocenters. The first kappa shape index (κ1) is 23.6. The number of carbonyl (C=O) groups excluding carboxylic acids is 1. The van der Waals surface area contributed by atoms with Gasteiger partial charge in [-0.1, -0.05) is 35.9 Å². The molecule has 2 heterocycles. The Hall–Kier alpha value is -2.54. The van der Waals surface area contributed by atoms with Gasteiger partial charge in [-0.2, -0.15) is 0 Å². The number of rotatable bonds is 5. The Morgan fingerprint density at radius 3 is 2.92 bits per heavy atom. The van der Waals surface area contributed by atoms with E-state index in [0.29, 0.717) is 23.4 Å². The molecule has 6 nitrogen and oxygen atoms in total. The summed E-state index contributed by atoms with van der Waals surface area (Å²) in [7, 11) is 4.05. The Morgan fingerprint density at radius 1 is 1.27 bits per heavy atom. The molecule has 8 rings (SSSR count). The van der Waals surface area contributed by atoms with Gasteiger partial charge in [-0.05, 0) is 75.0 Å². The molecule has 194 valence electrons. The van der Waals surface area contributed by atoms with Crippen molar-refractivity contribution in [3.8, 4) is 11.5 Å². The van der Waals surface area contributed by atoms with E-state index in [1.807, 2.05) is 24.3 Å². The third-order valence-corrected chi connectivity index (χ3v) is 11.0. The van der Waals surface area contributed by atoms with Gasteiger partial charge in [0.05, 0.1) is 0 Å². The molecule has 37 heavy (non-hydrogen) atoms. The molecule has 2 aromatic carbocycles. The highest BCUT2D eigenvalue weighted by Gasteiger charge is 2.80. The Bertz CT molecular complexity index is 1330. The number of carbonyl (C=O) groups is 1. The van der Waals surface area contributed by atoms with Gasteiger partial charge >= 0.3 is 0 Å². The predicted octanol–water partition coefficient (Wildman–Crippen LogP) is 4.32. The highest BCUT2D eigenvalue weighted by atomic mass is 35.5. The Morgan fingerprint density at radius 2 is 2.11 bits per heavy atom. The quantitative estimate of drug-likeness (QED) is 0.575. The number of ether oxygens (including phenoxy) is 2. The van der Waals surface area contributed by atoms with Crippen molar-refractivity contribution in [3.63, 3.8) is 0 Å². The zero-order valence-electron chi connectivity index (χ0n) is 21.3. The van der Waals surface area contributed by atoms with Gasteiger partial charge in [0.25, 0.3) is 0 Å². The number of nitrogens with zero attached hydrogens (tertiary/aromatic N) is 1. The van der Waals surface area contributed by atoms with Crippen molar-refractivity contribution in [2.45, 2.75) is 55.3 Å². The smallest absolute Gasteiger partial charge is 0.244 e. The second-order valence-electron chi connectivity index (χ2n) is 11.7. The number of aromatic hydroxyl groups is 1. The highest BCUT2D eigenvalue weighted by molar-refractivity contribution is 6.32. The summed E-state index contributed by atoms with van der Waals surface area (Å²) in [6, 6.07) is 11.8. The van der Waals surface area contributed by atoms with Crippen LogP contribution >= 0.6 is 11.6 Å². The molecule has 3 saturated carbocycles. The van der Waals surface area contributed by atoms with Crippen LogP contribution < -0.4 is 10.1 Å². The van der Waals surface area contributed by atoms with Crippen molar-refractivity contribution in [3.05, 3.63) is 64.2 Å². The van der Waals surface area contributed by atoms with Crippen LogP contribution in [0.2, 0.25) is 5.02 Å². The third kappa shape index (κ3) is 2.87. The summed E-state index contributed by atoms with van der Waals surface area (Å²) in [6.45, 7) is 1.53. The first-order chi connectivity index (χ1) is 17.9. The molecule has 1 amide bonds. The molecule has 0 radical (unpaired) electrons. The van der Waals surface area contributed by atoms with Crippen LogP contribution in [0, 0.1) is 11.3 Å². The summed E-state index contributed by atoms with van der Waals surface area (Å²) in [5.74, 6) is 0.867. The van der Waals surface area contributed by atoms with Crippen LogP contribution in [0.4, 0.5) is 0 Å². The highest BCUT2D eigenvalue weighted by Crippen LogP contribution is 2.76. The van der Waals surface area contributed by atoms with Gasteiger partial charge < -0.3 is 24.8 Å². The molecule has 2 spiro atoms. The minimum absolute atomic E-state index is 0.0276. The lowest BCUT2D eigenvalue weighted by Gasteiger charge is -2.73. The van der Waals surface area contributed by atoms with E-state index in [9.17, 15) is 9.90 Å². The van der Waals surface area contributed by atoms with Crippen LogP contribution in [0.1, 0.15) is 42.4 Å². The van der Waals surface area contributed by atoms with E-state index in [1.54, 1.807) is 25.3 Å². The molecule has 0 aromatic heterocycles. The van der Waals surface area contributed by atoms with E-state index in [4.69, 9.17) is 21.1 Å². The van der Waals surface area contributed by atoms with E-state index >= 15 is 0 Å². The second kappa shape index (κ2) is 7.98. The fourth-order valence-corrected chi connectivity index (χ4v) is 9.33. The molecule has 4 aliphatic carbocycles. The van der Waals surface area contributed by atoms with Crippen molar-refractivity contribution in [1.29, 1.82) is 0 Å². The van der Waals surface area contributed by atoms with E-state index in [2.05, 4.69) is 23.3 Å². The summed E-state index contributed by atoms with van der Waals surface area (Å²) < 4.78 is 13.2. The zero-order chi connectivity index (χ0) is 25.6. The number of phenols is 1. The third-order valence-electron chi connectivity index (χ3n) is 10.6. The maximum absolute atomic E-state index is 12.9. The van der Waals surface area contributed by atoms with Crippen LogP contribution in [0.5, 0.6) is 11.5 Å². The van der Waals surface area contributed by atoms with Crippen molar-refractivity contribution >= 4 is 23.6 Å². The van der Waals surface area contributed by atoms with E-state index in [-0.39, 0.29) is 34.5 Å². The lowest BCUT2D eigenvalue weighted by Crippen LogP contribution is -2.81. The first-order valence-electron chi connectivity index (χ1n) is 13.3. The summed E-state index contributed by atoms with van der Waals surface area (Å²) in [5.41, 5.74) is 2.71. The van der Waals surface area contributed by atoms with Crippen molar-refractivity contribution in [1.82, 2.24) is 10.2 Å². The maximum Gasteiger partial charge on any atom is 0.244 e. The van der Waals surface area contributed by atoms with Crippen molar-refractivity contribution in [2.75, 3.05) is 27.2 Å². The summed E-state index contributed by atoms with van der Waals surface area (Å²) in [5, 5.41) is 14.7. The maximum atomic E-state index is 12.9. The standard InChI is InChI=1S/C30H33ClN2O4/c1-33-14-13-29-25-19-7-9-22(34)26(25)37-27(29)30(36-2)12-11-28(29,23(33)15-19)16-20(30)17-32-24(35)10-8-18-5-3-4-6-21(18)31/h3-10,20,23,27,34H,11-17H2,1-2H3,(H,32,35)/b10-8+/t20-,23-,27-,28-,29+,30+/m1/s1. The zero-order valence-corrected chi connectivity index (χ0v) is 22.1. The number of amides is 1. The molecule has 1 saturated heterocycles. The molecular formula is C30H33ClN2O4. The molecule has 4 bridgehead atoms. The van der Waals surface area contributed by atoms with Gasteiger partial charge in [0.2, 0.25) is 5.91 Å². The van der Waals surface area contributed by atoms with Crippen molar-refractivity contribution in [2.24, 2.45) is 11.3 Å². The van der Waals surface area contributed by atoms with Gasteiger partial charge in [0, 0.05) is 53.1 Å². The van der Waals surface area contributed by atoms with Crippen molar-refractivity contribution < 1.29 is 19.4 Å². The average molecular weight is 521 g/mol. The van der Waals surface area contributed by atoms with Gasteiger partial charge in [0.1, 0.15) is 11.7 Å². The fourth-order valence-electron chi connectivity index (χ4n) is 9.13. The molecular weight excluding hydrogens is 488 g/mol. The van der Waals surface area contributed by atoms with E-state index in [1.165, 1.54) is 11.1 Å². The number of methoxy groups -OCH3 is 1. The van der Waals surface area contributed by atoms with E-state index < -0.39 is 5.60 Å². The van der Waals surface area contributed by atoms with Crippen LogP contribution in [0.3, 0.4) is 0 Å². The molecule has 2 aromatic rings. The fraction of sp³-hybridized carbons (Fsp3) is 0.500. The lowest BCUT2D eigenvalue weighted by atomic mass is 9.35. The average Bonchev–Trinajstić information content (AvgIpc) is 3.28. The molecule has 6 aliphatic rings. The minimum Gasteiger partial charge on any atom is -0.504 e. The number of halogens is 1. The molecule has 2 aliphatic heterocycles. The monoisotopic (exact) mass is 520 g/mol. The van der Waals surface area contributed by atoms with Crippen LogP contribution in [-0.4, -0.2) is 60.9 Å². The number of phenolic OH excluding ortho intramolecular Hbond substituents is 1. The van der Waals surface area contributed by atoms with Gasteiger partial charge in [-0.3, -0.25) is 4.79 Å². The number of benzene rings is 2. The van der Waals surface area contributed by atoms with Crippen LogP contribution in [-0.2, 0) is 21.4 Å². The number of nitrogens with one attached hydrogen (secondary N) is 1. The van der Waals surface area contributed by atoms with Gasteiger partial charge in [-0.25, -0.2) is 0 Å². The number of piperidine rings is 1. The first-order valence-corrected chi connectivity index (χ1v) is 13.7. The molecule has 2 N–H and O–H groups in total. The number of hydrogen-bond donors (Lipinski definition) is 2. The van der Waals surface area contributed by atoms with Crippen LogP contribution in [0.15, 0.2) is 42.5 Å². The van der Waals surface area contributed by atoms with E-state index in [0.717, 1.165) is 44.2 Å². The topological polar surface area (TPSA) is 71.0 Å².